The maximum atomic E-state index is 6.31. The van der Waals surface area contributed by atoms with Gasteiger partial charge in [0.1, 0.15) is 0 Å². The quantitative estimate of drug-likeness (QED) is 0.142. The number of imidazole rings is 1. The van der Waals surface area contributed by atoms with Crippen LogP contribution in [0.1, 0.15) is 27.7 Å². The van der Waals surface area contributed by atoms with Crippen LogP contribution in [-0.4, -0.2) is 27.7 Å². The van der Waals surface area contributed by atoms with Crippen LogP contribution in [0, 0.1) is 0 Å². The van der Waals surface area contributed by atoms with Gasteiger partial charge in [-0.15, -0.1) is 11.3 Å². The van der Waals surface area contributed by atoms with Crippen molar-refractivity contribution in [2.75, 3.05) is 0 Å². The molecule has 0 unspecified atom stereocenters. The summed E-state index contributed by atoms with van der Waals surface area (Å²) in [6.07, 6.45) is 2.19. The van der Waals surface area contributed by atoms with Gasteiger partial charge in [-0.05, 0) is 95.5 Å². The van der Waals surface area contributed by atoms with E-state index in [0.29, 0.717) is 0 Å². The number of benzene rings is 6. The van der Waals surface area contributed by atoms with Gasteiger partial charge in [-0.3, -0.25) is 4.40 Å². The van der Waals surface area contributed by atoms with Crippen LogP contribution < -0.4 is 5.46 Å². The maximum Gasteiger partial charge on any atom is 0.494 e. The molecule has 1 aliphatic heterocycles. The molecule has 9 aromatic rings. The van der Waals surface area contributed by atoms with Gasteiger partial charge in [0.15, 0.2) is 5.65 Å². The first-order chi connectivity index (χ1) is 22.8. The van der Waals surface area contributed by atoms with E-state index >= 15 is 0 Å². The van der Waals surface area contributed by atoms with Crippen LogP contribution in [0.15, 0.2) is 115 Å². The number of nitrogens with zero attached hydrogens (tertiary/aromatic N) is 2. The molecule has 1 aliphatic rings. The van der Waals surface area contributed by atoms with E-state index in [2.05, 4.69) is 147 Å². The van der Waals surface area contributed by atoms with Crippen molar-refractivity contribution in [1.82, 2.24) is 9.38 Å². The Morgan fingerprint density at radius 2 is 1.40 bits per heavy atom. The minimum absolute atomic E-state index is 0.363. The van der Waals surface area contributed by atoms with Crippen molar-refractivity contribution in [2.24, 2.45) is 0 Å². The van der Waals surface area contributed by atoms with Gasteiger partial charge in [-0.25, -0.2) is 4.98 Å². The predicted octanol–water partition coefficient (Wildman–Crippen LogP) is 10.3. The fourth-order valence-corrected chi connectivity index (χ4v) is 8.58. The third-order valence-electron chi connectivity index (χ3n) is 10.6. The fourth-order valence-electron chi connectivity index (χ4n) is 7.38. The molecular weight excluding hydrogens is 595 g/mol. The highest BCUT2D eigenvalue weighted by Crippen LogP contribution is 2.42. The second-order valence-corrected chi connectivity index (χ2v) is 14.9. The molecule has 0 radical (unpaired) electrons. The number of thiophene rings is 1. The zero-order chi connectivity index (χ0) is 31.7. The summed E-state index contributed by atoms with van der Waals surface area (Å²) in [6, 6.07) is 39.8. The van der Waals surface area contributed by atoms with E-state index in [4.69, 9.17) is 14.3 Å². The predicted molar refractivity (Wildman–Crippen MR) is 199 cm³/mol. The second kappa shape index (κ2) is 9.42. The van der Waals surface area contributed by atoms with Gasteiger partial charge in [-0.2, -0.15) is 0 Å². The van der Waals surface area contributed by atoms with E-state index in [0.717, 1.165) is 22.1 Å². The van der Waals surface area contributed by atoms with Gasteiger partial charge in [-0.1, -0.05) is 84.9 Å². The molecule has 0 aliphatic carbocycles. The average Bonchev–Trinajstić information content (AvgIpc) is 3.71. The van der Waals surface area contributed by atoms with Gasteiger partial charge in [0, 0.05) is 27.1 Å². The first kappa shape index (κ1) is 27.4. The zero-order valence-electron chi connectivity index (χ0n) is 26.7. The van der Waals surface area contributed by atoms with Crippen molar-refractivity contribution >= 4 is 93.1 Å². The van der Waals surface area contributed by atoms with Crippen molar-refractivity contribution in [2.45, 2.75) is 38.9 Å². The van der Waals surface area contributed by atoms with Crippen molar-refractivity contribution in [3.63, 3.8) is 0 Å². The van der Waals surface area contributed by atoms with Gasteiger partial charge in [0.2, 0.25) is 0 Å². The van der Waals surface area contributed by atoms with Crippen LogP contribution >= 0.6 is 11.3 Å². The molecular formula is C41H31BN2O2S. The molecule has 0 spiro atoms. The van der Waals surface area contributed by atoms with E-state index < -0.39 is 0 Å². The second-order valence-electron chi connectivity index (χ2n) is 13.9. The Morgan fingerprint density at radius 1 is 0.638 bits per heavy atom. The molecule has 4 heterocycles. The lowest BCUT2D eigenvalue weighted by Crippen LogP contribution is -2.41. The molecule has 6 aromatic carbocycles. The van der Waals surface area contributed by atoms with Crippen LogP contribution in [0.25, 0.3) is 80.3 Å². The van der Waals surface area contributed by atoms with Gasteiger partial charge in [0.05, 0.1) is 26.9 Å². The molecule has 0 atom stereocenters. The van der Waals surface area contributed by atoms with Gasteiger partial charge < -0.3 is 9.31 Å². The Hall–Kier alpha value is -4.75. The number of aromatic nitrogens is 2. The SMILES string of the molecule is CC1(C)OB(c2ccc(-c3cccc4cc5sc6c(ccn7c8ccc9c%10ccccc%10ccc9c8nc67)c5cc34)cc2)OC1(C)C. The summed E-state index contributed by atoms with van der Waals surface area (Å²) >= 11 is 1.84. The molecule has 0 amide bonds. The molecule has 0 saturated carbocycles. The summed E-state index contributed by atoms with van der Waals surface area (Å²) in [5.74, 6) is 0. The molecule has 1 saturated heterocycles. The molecule has 10 rings (SSSR count). The molecule has 47 heavy (non-hydrogen) atoms. The van der Waals surface area contributed by atoms with Crippen LogP contribution in [0.2, 0.25) is 0 Å². The lowest BCUT2D eigenvalue weighted by atomic mass is 9.78. The van der Waals surface area contributed by atoms with E-state index in [1.165, 1.54) is 63.6 Å². The summed E-state index contributed by atoms with van der Waals surface area (Å²) in [5, 5.41) is 9.95. The van der Waals surface area contributed by atoms with Crippen molar-refractivity contribution in [3.8, 4) is 11.1 Å². The van der Waals surface area contributed by atoms with Crippen molar-refractivity contribution in [3.05, 3.63) is 115 Å². The number of pyridine rings is 1. The molecule has 0 N–H and O–H groups in total. The smallest absolute Gasteiger partial charge is 0.399 e. The van der Waals surface area contributed by atoms with Crippen molar-refractivity contribution in [1.29, 1.82) is 0 Å². The Bertz CT molecular complexity index is 2740. The topological polar surface area (TPSA) is 35.8 Å². The molecule has 0 bridgehead atoms. The largest absolute Gasteiger partial charge is 0.494 e. The molecule has 1 fully saturated rings. The van der Waals surface area contributed by atoms with Crippen LogP contribution in [0.4, 0.5) is 0 Å². The number of hydrogen-bond donors (Lipinski definition) is 0. The first-order valence-corrected chi connectivity index (χ1v) is 17.0. The summed E-state index contributed by atoms with van der Waals surface area (Å²) in [5.41, 5.74) is 5.91. The summed E-state index contributed by atoms with van der Waals surface area (Å²) < 4.78 is 17.4. The number of hydrogen-bond acceptors (Lipinski definition) is 4. The molecule has 3 aromatic heterocycles. The van der Waals surface area contributed by atoms with Crippen LogP contribution in [0.3, 0.4) is 0 Å². The maximum absolute atomic E-state index is 6.31. The van der Waals surface area contributed by atoms with Gasteiger partial charge >= 0.3 is 7.12 Å². The Morgan fingerprint density at radius 3 is 2.23 bits per heavy atom. The van der Waals surface area contributed by atoms with E-state index in [-0.39, 0.29) is 18.3 Å². The van der Waals surface area contributed by atoms with E-state index in [1.54, 1.807) is 0 Å². The fraction of sp³-hybridized carbons (Fsp3) is 0.146. The van der Waals surface area contributed by atoms with E-state index in [9.17, 15) is 0 Å². The highest BCUT2D eigenvalue weighted by molar-refractivity contribution is 7.26. The molecule has 4 nitrogen and oxygen atoms in total. The Balaban J connectivity index is 1.12. The lowest BCUT2D eigenvalue weighted by Gasteiger charge is -2.32. The average molecular weight is 627 g/mol. The Labute approximate surface area is 276 Å². The molecule has 6 heteroatoms. The number of rotatable bonds is 2. The number of fused-ring (bicyclic) bond motifs is 12. The highest BCUT2D eigenvalue weighted by atomic mass is 32.1. The van der Waals surface area contributed by atoms with E-state index in [1.807, 2.05) is 11.3 Å². The lowest BCUT2D eigenvalue weighted by molar-refractivity contribution is 0.00578. The zero-order valence-corrected chi connectivity index (χ0v) is 27.5. The standard InChI is InChI=1S/C41H31BN2O2S/c1-40(2)41(3,4)46-42(45-40)27-15-12-25(13-16-27)29-11-7-9-26-22-36-34(23-33(26)29)32-20-21-44-35-19-18-30-28-10-6-5-8-24(28)14-17-31(30)37(35)43-39(44)38(32)47-36/h5-23H,1-4H3. The third kappa shape index (κ3) is 3.86. The Kier molecular flexibility index (Phi) is 5.49. The summed E-state index contributed by atoms with van der Waals surface area (Å²) in [7, 11) is -0.369. The minimum atomic E-state index is -0.369. The summed E-state index contributed by atoms with van der Waals surface area (Å²) in [4.78, 5) is 5.32. The van der Waals surface area contributed by atoms with Gasteiger partial charge in [0.25, 0.3) is 0 Å². The highest BCUT2D eigenvalue weighted by Gasteiger charge is 2.51. The minimum Gasteiger partial charge on any atom is -0.399 e. The van der Waals surface area contributed by atoms with Crippen molar-refractivity contribution < 1.29 is 9.31 Å². The monoisotopic (exact) mass is 626 g/mol. The first-order valence-electron chi connectivity index (χ1n) is 16.2. The third-order valence-corrected chi connectivity index (χ3v) is 11.8. The summed E-state index contributed by atoms with van der Waals surface area (Å²) in [6.45, 7) is 8.37. The van der Waals surface area contributed by atoms with Crippen LogP contribution in [0.5, 0.6) is 0 Å². The molecule has 226 valence electrons. The normalized spacial score (nSPS) is 16.2. The van der Waals surface area contributed by atoms with Crippen LogP contribution in [-0.2, 0) is 9.31 Å².